The largest absolute Gasteiger partial charge is 0.331 e. The molecule has 0 amide bonds. The van der Waals surface area contributed by atoms with Crippen molar-refractivity contribution in [3.05, 3.63) is 84.4 Å². The van der Waals surface area contributed by atoms with Crippen molar-refractivity contribution in [1.29, 1.82) is 0 Å². The molecule has 0 aliphatic heterocycles. The fraction of sp³-hybridized carbons (Fsp3) is 0.0455. The molecule has 0 bridgehead atoms. The van der Waals surface area contributed by atoms with Crippen molar-refractivity contribution in [2.45, 2.75) is 6.92 Å². The van der Waals surface area contributed by atoms with E-state index in [2.05, 4.69) is 34.1 Å². The fourth-order valence-corrected chi connectivity index (χ4v) is 3.08. The van der Waals surface area contributed by atoms with Crippen molar-refractivity contribution < 1.29 is 0 Å². The Morgan fingerprint density at radius 3 is 2.32 bits per heavy atom. The van der Waals surface area contributed by atoms with Crippen molar-refractivity contribution >= 4 is 39.9 Å². The summed E-state index contributed by atoms with van der Waals surface area (Å²) < 4.78 is 0. The minimum Gasteiger partial charge on any atom is -0.331 e. The number of fused-ring (bicyclic) bond motifs is 1. The molecule has 0 unspecified atom stereocenters. The highest BCUT2D eigenvalue weighted by molar-refractivity contribution is 7.80. The summed E-state index contributed by atoms with van der Waals surface area (Å²) in [7, 11) is 0. The minimum atomic E-state index is 0.431. The Morgan fingerprint density at radius 1 is 0.857 bits per heavy atom. The molecule has 3 N–H and O–H groups in total. The molecular formula is C22H19N5S. The summed E-state index contributed by atoms with van der Waals surface area (Å²) in [4.78, 5) is 9.33. The molecular weight excluding hydrogens is 366 g/mol. The van der Waals surface area contributed by atoms with Crippen LogP contribution in [0, 0.1) is 6.92 Å². The molecule has 1 aromatic heterocycles. The maximum Gasteiger partial charge on any atom is 0.242 e. The lowest BCUT2D eigenvalue weighted by atomic mass is 10.0. The monoisotopic (exact) mass is 385 g/mol. The maximum atomic E-state index is 5.33. The quantitative estimate of drug-likeness (QED) is 0.342. The summed E-state index contributed by atoms with van der Waals surface area (Å²) in [6.07, 6.45) is 0. The lowest BCUT2D eigenvalue weighted by Gasteiger charge is -2.13. The molecule has 0 radical (unpaired) electrons. The number of aryl methyl sites for hydroxylation is 1. The fourth-order valence-electron chi connectivity index (χ4n) is 2.91. The summed E-state index contributed by atoms with van der Waals surface area (Å²) in [6.45, 7) is 2.07. The molecule has 0 saturated carbocycles. The van der Waals surface area contributed by atoms with Crippen LogP contribution in [0.3, 0.4) is 0 Å². The Kier molecular flexibility index (Phi) is 5.12. The van der Waals surface area contributed by atoms with E-state index in [0.717, 1.165) is 27.8 Å². The molecule has 0 saturated heterocycles. The summed E-state index contributed by atoms with van der Waals surface area (Å²) in [5.41, 5.74) is 10.8. The molecule has 28 heavy (non-hydrogen) atoms. The van der Waals surface area contributed by atoms with Gasteiger partial charge in [0.1, 0.15) is 0 Å². The van der Waals surface area contributed by atoms with E-state index >= 15 is 0 Å². The highest BCUT2D eigenvalue weighted by Crippen LogP contribution is 2.27. The van der Waals surface area contributed by atoms with Crippen LogP contribution < -0.4 is 16.2 Å². The van der Waals surface area contributed by atoms with E-state index in [-0.39, 0.29) is 0 Å². The molecule has 5 nitrogen and oxygen atoms in total. The molecule has 3 aromatic carbocycles. The summed E-state index contributed by atoms with van der Waals surface area (Å²) in [5, 5.41) is 4.55. The van der Waals surface area contributed by atoms with Crippen LogP contribution in [0.25, 0.3) is 22.2 Å². The van der Waals surface area contributed by atoms with Crippen molar-refractivity contribution in [2.75, 3.05) is 10.7 Å². The van der Waals surface area contributed by atoms with Gasteiger partial charge in [-0.2, -0.15) is 0 Å². The molecule has 0 fully saturated rings. The van der Waals surface area contributed by atoms with Gasteiger partial charge in [-0.25, -0.2) is 9.97 Å². The van der Waals surface area contributed by atoms with Gasteiger partial charge in [0.25, 0.3) is 0 Å². The maximum absolute atomic E-state index is 5.33. The van der Waals surface area contributed by atoms with Gasteiger partial charge in [-0.1, -0.05) is 60.2 Å². The number of thiocarbonyl (C=S) groups is 1. The number of hydrazine groups is 1. The van der Waals surface area contributed by atoms with Crippen LogP contribution in [0.1, 0.15) is 5.56 Å². The average molecular weight is 385 g/mol. The van der Waals surface area contributed by atoms with Crippen LogP contribution in [-0.2, 0) is 0 Å². The van der Waals surface area contributed by atoms with Gasteiger partial charge in [0.2, 0.25) is 5.95 Å². The Bertz CT molecular complexity index is 1110. The Morgan fingerprint density at radius 2 is 1.57 bits per heavy atom. The minimum absolute atomic E-state index is 0.431. The van der Waals surface area contributed by atoms with Crippen LogP contribution >= 0.6 is 12.2 Å². The second-order valence-corrected chi connectivity index (χ2v) is 6.76. The number of hydrogen-bond acceptors (Lipinski definition) is 4. The van der Waals surface area contributed by atoms with E-state index in [0.29, 0.717) is 11.1 Å². The molecule has 138 valence electrons. The van der Waals surface area contributed by atoms with Crippen LogP contribution in [0.4, 0.5) is 11.6 Å². The van der Waals surface area contributed by atoms with Crippen molar-refractivity contribution in [1.82, 2.24) is 15.4 Å². The van der Waals surface area contributed by atoms with E-state index in [4.69, 9.17) is 17.2 Å². The first kappa shape index (κ1) is 17.9. The first-order valence-corrected chi connectivity index (χ1v) is 9.32. The number of benzene rings is 3. The Balaban J connectivity index is 1.61. The molecule has 0 aliphatic carbocycles. The highest BCUT2D eigenvalue weighted by atomic mass is 32.1. The SMILES string of the molecule is Cc1ccc2nc(NNC(=S)Nc3ccccc3)nc(-c3ccccc3)c2c1. The normalized spacial score (nSPS) is 10.5. The standard InChI is InChI=1S/C22H19N5S/c1-15-12-13-19-18(14-15)20(16-8-4-2-5-9-16)25-21(24-19)26-27-22(28)23-17-10-6-3-7-11-17/h2-14H,1H3,(H2,23,27,28)(H,24,25,26). The van der Waals surface area contributed by atoms with Crippen molar-refractivity contribution in [3.63, 3.8) is 0 Å². The highest BCUT2D eigenvalue weighted by Gasteiger charge is 2.10. The third kappa shape index (κ3) is 4.07. The van der Waals surface area contributed by atoms with E-state index in [9.17, 15) is 0 Å². The van der Waals surface area contributed by atoms with Gasteiger partial charge >= 0.3 is 0 Å². The lowest BCUT2D eigenvalue weighted by molar-refractivity contribution is 1.06. The predicted molar refractivity (Wildman–Crippen MR) is 119 cm³/mol. The number of nitrogens with zero attached hydrogens (tertiary/aromatic N) is 2. The van der Waals surface area contributed by atoms with Crippen molar-refractivity contribution in [2.24, 2.45) is 0 Å². The van der Waals surface area contributed by atoms with Gasteiger partial charge in [0.15, 0.2) is 5.11 Å². The lowest BCUT2D eigenvalue weighted by Crippen LogP contribution is -2.34. The van der Waals surface area contributed by atoms with E-state index in [1.165, 1.54) is 5.56 Å². The zero-order chi connectivity index (χ0) is 19.3. The van der Waals surface area contributed by atoms with Gasteiger partial charge in [-0.3, -0.25) is 10.9 Å². The number of aromatic nitrogens is 2. The van der Waals surface area contributed by atoms with Crippen LogP contribution in [-0.4, -0.2) is 15.1 Å². The third-order valence-corrected chi connectivity index (χ3v) is 4.42. The number of anilines is 2. The van der Waals surface area contributed by atoms with Crippen LogP contribution in [0.2, 0.25) is 0 Å². The topological polar surface area (TPSA) is 61.9 Å². The smallest absolute Gasteiger partial charge is 0.242 e. The number of nitrogens with one attached hydrogen (secondary N) is 3. The van der Waals surface area contributed by atoms with Crippen LogP contribution in [0.15, 0.2) is 78.9 Å². The predicted octanol–water partition coefficient (Wildman–Crippen LogP) is 4.92. The second kappa shape index (κ2) is 8.02. The van der Waals surface area contributed by atoms with Gasteiger partial charge in [0.05, 0.1) is 11.2 Å². The van der Waals surface area contributed by atoms with E-state index < -0.39 is 0 Å². The van der Waals surface area contributed by atoms with Gasteiger partial charge in [-0.15, -0.1) is 0 Å². The molecule has 0 aliphatic rings. The summed E-state index contributed by atoms with van der Waals surface area (Å²) in [6, 6.07) is 26.0. The average Bonchev–Trinajstić information content (AvgIpc) is 2.73. The first-order valence-electron chi connectivity index (χ1n) is 8.91. The van der Waals surface area contributed by atoms with Gasteiger partial charge < -0.3 is 5.32 Å². The number of rotatable bonds is 4. The molecule has 0 atom stereocenters. The zero-order valence-electron chi connectivity index (χ0n) is 15.3. The number of para-hydroxylation sites is 1. The van der Waals surface area contributed by atoms with Gasteiger partial charge in [0, 0.05) is 16.6 Å². The molecule has 1 heterocycles. The van der Waals surface area contributed by atoms with E-state index in [1.807, 2.05) is 72.8 Å². The Labute approximate surface area is 168 Å². The molecule has 0 spiro atoms. The molecule has 4 aromatic rings. The summed E-state index contributed by atoms with van der Waals surface area (Å²) >= 11 is 5.33. The van der Waals surface area contributed by atoms with Gasteiger partial charge in [-0.05, 0) is 43.4 Å². The molecule has 6 heteroatoms. The molecule has 4 rings (SSSR count). The van der Waals surface area contributed by atoms with E-state index in [1.54, 1.807) is 0 Å². The Hall–Kier alpha value is -3.51. The number of hydrogen-bond donors (Lipinski definition) is 3. The van der Waals surface area contributed by atoms with Crippen LogP contribution in [0.5, 0.6) is 0 Å². The first-order chi connectivity index (χ1) is 13.7. The van der Waals surface area contributed by atoms with Crippen molar-refractivity contribution in [3.8, 4) is 11.3 Å². The zero-order valence-corrected chi connectivity index (χ0v) is 16.1. The summed E-state index contributed by atoms with van der Waals surface area (Å²) in [5.74, 6) is 0.451. The third-order valence-electron chi connectivity index (χ3n) is 4.22. The second-order valence-electron chi connectivity index (χ2n) is 6.35.